The van der Waals surface area contributed by atoms with Crippen LogP contribution in [0.2, 0.25) is 0 Å². The van der Waals surface area contributed by atoms with Crippen LogP contribution < -0.4 is 5.32 Å². The van der Waals surface area contributed by atoms with Crippen molar-refractivity contribution in [3.05, 3.63) is 0 Å². The molecule has 1 N–H and O–H groups in total. The van der Waals surface area contributed by atoms with Crippen molar-refractivity contribution < 1.29 is 14.3 Å². The number of nitrogens with one attached hydrogen (secondary N) is 1. The van der Waals surface area contributed by atoms with Gasteiger partial charge < -0.3 is 10.1 Å². The van der Waals surface area contributed by atoms with E-state index in [1.54, 1.807) is 27.1 Å². The largest absolute Gasteiger partial charge is 0.444 e. The topological polar surface area (TPSA) is 55.4 Å². The van der Waals surface area contributed by atoms with Gasteiger partial charge in [-0.15, -0.1) is 0 Å². The molecule has 12 heavy (non-hydrogen) atoms. The molecule has 0 heterocycles. The molecule has 0 bridgehead atoms. The zero-order chi connectivity index (χ0) is 9.78. The highest BCUT2D eigenvalue weighted by molar-refractivity contribution is 5.73. The third kappa shape index (κ3) is 5.70. The second kappa shape index (κ2) is 4.09. The zero-order valence-corrected chi connectivity index (χ0v) is 7.80. The fourth-order valence-corrected chi connectivity index (χ4v) is 0.514. The van der Waals surface area contributed by atoms with E-state index < -0.39 is 17.7 Å². The second-order valence-corrected chi connectivity index (χ2v) is 3.49. The van der Waals surface area contributed by atoms with Gasteiger partial charge in [-0.1, -0.05) is 0 Å². The number of hydrogen-bond donors (Lipinski definition) is 1. The molecule has 0 saturated carbocycles. The van der Waals surface area contributed by atoms with Crippen LogP contribution in [-0.2, 0) is 9.53 Å². The Hall–Kier alpha value is -1.06. The number of rotatable bonds is 2. The minimum absolute atomic E-state index is 0.535. The standard InChI is InChI=1S/C8H14NO3/c1-6(5-10)9-7(11)12-8(2,3)4/h6H,1-4H3,(H,9,11). The monoisotopic (exact) mass is 172 g/mol. The van der Waals surface area contributed by atoms with E-state index in [1.807, 2.05) is 0 Å². The molecule has 0 spiro atoms. The molecule has 1 atom stereocenters. The summed E-state index contributed by atoms with van der Waals surface area (Å²) in [6.45, 7) is 6.78. The molecule has 4 heteroatoms. The highest BCUT2D eigenvalue weighted by Crippen LogP contribution is 2.06. The highest BCUT2D eigenvalue weighted by Gasteiger charge is 2.17. The Bertz CT molecular complexity index is 172. The van der Waals surface area contributed by atoms with E-state index in [9.17, 15) is 9.59 Å². The summed E-state index contributed by atoms with van der Waals surface area (Å²) in [6.07, 6.45) is 1.02. The maximum Gasteiger partial charge on any atom is 0.408 e. The van der Waals surface area contributed by atoms with Gasteiger partial charge in [-0.25, -0.2) is 4.79 Å². The fraction of sp³-hybridized carbons (Fsp3) is 0.750. The number of carbonyl (C=O) groups is 1. The van der Waals surface area contributed by atoms with Gasteiger partial charge in [-0.3, -0.25) is 4.79 Å². The van der Waals surface area contributed by atoms with Gasteiger partial charge in [0.25, 0.3) is 0 Å². The molecule has 0 aromatic carbocycles. The molecule has 0 aromatic rings. The maximum absolute atomic E-state index is 10.9. The molecule has 0 aliphatic carbocycles. The predicted octanol–water partition coefficient (Wildman–Crippen LogP) is 1.01. The van der Waals surface area contributed by atoms with E-state index >= 15 is 0 Å². The second-order valence-electron chi connectivity index (χ2n) is 3.49. The van der Waals surface area contributed by atoms with E-state index in [-0.39, 0.29) is 0 Å². The quantitative estimate of drug-likeness (QED) is 0.676. The number of carbonyl (C=O) groups excluding carboxylic acids is 2. The predicted molar refractivity (Wildman–Crippen MR) is 44.5 cm³/mol. The van der Waals surface area contributed by atoms with Crippen molar-refractivity contribution in [2.45, 2.75) is 39.3 Å². The Morgan fingerprint density at radius 2 is 2.00 bits per heavy atom. The molecule has 1 unspecified atom stereocenters. The van der Waals surface area contributed by atoms with Gasteiger partial charge in [0.2, 0.25) is 6.29 Å². The van der Waals surface area contributed by atoms with Gasteiger partial charge in [0.05, 0.1) is 6.04 Å². The van der Waals surface area contributed by atoms with E-state index in [4.69, 9.17) is 4.74 Å². The van der Waals surface area contributed by atoms with Gasteiger partial charge in [0.15, 0.2) is 0 Å². The lowest BCUT2D eigenvalue weighted by Gasteiger charge is -2.20. The molecule has 0 saturated heterocycles. The molecule has 1 radical (unpaired) electrons. The van der Waals surface area contributed by atoms with E-state index in [0.717, 1.165) is 0 Å². The summed E-state index contributed by atoms with van der Waals surface area (Å²) in [5.74, 6) is 0. The Balaban J connectivity index is 3.82. The number of amides is 1. The van der Waals surface area contributed by atoms with Crippen molar-refractivity contribution in [2.75, 3.05) is 0 Å². The van der Waals surface area contributed by atoms with Crippen molar-refractivity contribution in [2.24, 2.45) is 0 Å². The van der Waals surface area contributed by atoms with Crippen LogP contribution in [-0.4, -0.2) is 24.0 Å². The number of alkyl carbamates (subject to hydrolysis) is 1. The van der Waals surface area contributed by atoms with Crippen molar-refractivity contribution in [3.63, 3.8) is 0 Å². The molecule has 1 amide bonds. The van der Waals surface area contributed by atoms with E-state index in [2.05, 4.69) is 5.32 Å². The molecule has 0 aromatic heterocycles. The summed E-state index contributed by atoms with van der Waals surface area (Å²) in [6, 6.07) is -0.625. The summed E-state index contributed by atoms with van der Waals surface area (Å²) in [7, 11) is 0. The normalized spacial score (nSPS) is 13.3. The van der Waals surface area contributed by atoms with Gasteiger partial charge in [0.1, 0.15) is 5.60 Å². The van der Waals surface area contributed by atoms with E-state index in [0.29, 0.717) is 0 Å². The smallest absolute Gasteiger partial charge is 0.408 e. The van der Waals surface area contributed by atoms with Crippen LogP contribution in [0.15, 0.2) is 0 Å². The summed E-state index contributed by atoms with van der Waals surface area (Å²) < 4.78 is 4.88. The lowest BCUT2D eigenvalue weighted by molar-refractivity contribution is 0.0520. The van der Waals surface area contributed by atoms with Crippen LogP contribution in [0.4, 0.5) is 4.79 Å². The first-order valence-corrected chi connectivity index (χ1v) is 3.72. The van der Waals surface area contributed by atoms with Crippen LogP contribution >= 0.6 is 0 Å². The van der Waals surface area contributed by atoms with Gasteiger partial charge in [-0.05, 0) is 27.7 Å². The molecular formula is C8H14NO3. The van der Waals surface area contributed by atoms with Crippen molar-refractivity contribution in [1.82, 2.24) is 5.32 Å². The first-order valence-electron chi connectivity index (χ1n) is 3.72. The van der Waals surface area contributed by atoms with Crippen LogP contribution in [0.25, 0.3) is 0 Å². The van der Waals surface area contributed by atoms with Gasteiger partial charge in [0, 0.05) is 0 Å². The number of hydrogen-bond acceptors (Lipinski definition) is 3. The molecular weight excluding hydrogens is 158 g/mol. The molecule has 0 fully saturated rings. The molecule has 69 valence electrons. The summed E-state index contributed by atoms with van der Waals surface area (Å²) in [5, 5.41) is 2.30. The SMILES string of the molecule is CC([C]=O)NC(=O)OC(C)(C)C. The van der Waals surface area contributed by atoms with Crippen molar-refractivity contribution in [3.8, 4) is 0 Å². The van der Waals surface area contributed by atoms with E-state index in [1.165, 1.54) is 6.92 Å². The Morgan fingerprint density at radius 3 is 2.33 bits per heavy atom. The minimum atomic E-state index is -0.625. The maximum atomic E-state index is 10.9. The minimum Gasteiger partial charge on any atom is -0.444 e. The van der Waals surface area contributed by atoms with Gasteiger partial charge >= 0.3 is 6.09 Å². The Labute approximate surface area is 72.3 Å². The fourth-order valence-electron chi connectivity index (χ4n) is 0.514. The summed E-state index contributed by atoms with van der Waals surface area (Å²) in [4.78, 5) is 20.9. The molecule has 0 aliphatic heterocycles. The summed E-state index contributed by atoms with van der Waals surface area (Å²) in [5.41, 5.74) is -0.535. The molecule has 4 nitrogen and oxygen atoms in total. The third-order valence-electron chi connectivity index (χ3n) is 0.910. The highest BCUT2D eigenvalue weighted by atomic mass is 16.6. The molecule has 0 rings (SSSR count). The molecule has 0 aliphatic rings. The third-order valence-corrected chi connectivity index (χ3v) is 0.910. The zero-order valence-electron chi connectivity index (χ0n) is 7.80. The first kappa shape index (κ1) is 10.9. The van der Waals surface area contributed by atoms with Crippen LogP contribution in [0, 0.1) is 0 Å². The number of ether oxygens (including phenoxy) is 1. The van der Waals surface area contributed by atoms with Crippen LogP contribution in [0.1, 0.15) is 27.7 Å². The van der Waals surface area contributed by atoms with Crippen LogP contribution in [0.5, 0.6) is 0 Å². The van der Waals surface area contributed by atoms with Crippen molar-refractivity contribution in [1.29, 1.82) is 0 Å². The average Bonchev–Trinajstić information content (AvgIpc) is 1.82. The van der Waals surface area contributed by atoms with Crippen molar-refractivity contribution >= 4 is 12.4 Å². The lowest BCUT2D eigenvalue weighted by atomic mass is 10.2. The van der Waals surface area contributed by atoms with Gasteiger partial charge in [-0.2, -0.15) is 0 Å². The average molecular weight is 172 g/mol. The first-order chi connectivity index (χ1) is 5.35. The summed E-state index contributed by atoms with van der Waals surface area (Å²) >= 11 is 0. The Morgan fingerprint density at radius 1 is 1.50 bits per heavy atom. The lowest BCUT2D eigenvalue weighted by Crippen LogP contribution is -2.38. The Kier molecular flexibility index (Phi) is 3.73. The van der Waals surface area contributed by atoms with Crippen LogP contribution in [0.3, 0.4) is 0 Å².